The molecular formula is C23H29N5O2. The minimum Gasteiger partial charge on any atom is -0.378 e. The van der Waals surface area contributed by atoms with E-state index in [1.165, 1.54) is 16.9 Å². The predicted molar refractivity (Wildman–Crippen MR) is 116 cm³/mol. The van der Waals surface area contributed by atoms with Gasteiger partial charge in [0, 0.05) is 56.8 Å². The number of carbonyl (C=O) groups excluding carboxylic acids is 1. The first kappa shape index (κ1) is 19.3. The van der Waals surface area contributed by atoms with E-state index in [2.05, 4.69) is 34.1 Å². The lowest BCUT2D eigenvalue weighted by molar-refractivity contribution is -0.129. The monoisotopic (exact) mass is 407 g/mol. The molecule has 158 valence electrons. The Morgan fingerprint density at radius 2 is 1.73 bits per heavy atom. The molecule has 0 N–H and O–H groups in total. The number of hydrogen-bond acceptors (Lipinski definition) is 6. The average Bonchev–Trinajstić information content (AvgIpc) is 3.24. The lowest BCUT2D eigenvalue weighted by Crippen LogP contribution is -2.38. The Morgan fingerprint density at radius 3 is 2.43 bits per heavy atom. The van der Waals surface area contributed by atoms with Gasteiger partial charge in [-0.1, -0.05) is 18.2 Å². The van der Waals surface area contributed by atoms with E-state index in [0.29, 0.717) is 5.92 Å². The van der Waals surface area contributed by atoms with Crippen LogP contribution in [0.25, 0.3) is 0 Å². The lowest BCUT2D eigenvalue weighted by Gasteiger charge is -2.33. The van der Waals surface area contributed by atoms with Crippen molar-refractivity contribution < 1.29 is 9.53 Å². The van der Waals surface area contributed by atoms with Gasteiger partial charge >= 0.3 is 0 Å². The molecule has 2 aromatic rings. The van der Waals surface area contributed by atoms with Crippen molar-refractivity contribution in [3.05, 3.63) is 41.6 Å². The van der Waals surface area contributed by atoms with Gasteiger partial charge < -0.3 is 19.4 Å². The molecule has 7 nitrogen and oxygen atoms in total. The third kappa shape index (κ3) is 3.62. The van der Waals surface area contributed by atoms with E-state index in [-0.39, 0.29) is 5.91 Å². The number of rotatable bonds is 3. The molecule has 4 heterocycles. The van der Waals surface area contributed by atoms with Crippen molar-refractivity contribution in [1.29, 1.82) is 0 Å². The van der Waals surface area contributed by atoms with Crippen molar-refractivity contribution >= 4 is 23.4 Å². The second kappa shape index (κ2) is 8.22. The van der Waals surface area contributed by atoms with Gasteiger partial charge in [-0.3, -0.25) is 4.79 Å². The molecule has 0 atom stereocenters. The number of carbonyl (C=O) groups is 1. The summed E-state index contributed by atoms with van der Waals surface area (Å²) in [5.74, 6) is 2.43. The van der Waals surface area contributed by atoms with Crippen molar-refractivity contribution in [3.8, 4) is 0 Å². The Morgan fingerprint density at radius 1 is 1.00 bits per heavy atom. The number of hydrogen-bond donors (Lipinski definition) is 0. The fourth-order valence-corrected chi connectivity index (χ4v) is 4.84. The van der Waals surface area contributed by atoms with E-state index < -0.39 is 0 Å². The number of morpholine rings is 1. The number of nitrogens with zero attached hydrogens (tertiary/aromatic N) is 5. The number of likely N-dealkylation sites (tertiary alicyclic amines) is 1. The summed E-state index contributed by atoms with van der Waals surface area (Å²) < 4.78 is 5.54. The molecule has 1 amide bonds. The fraction of sp³-hybridized carbons (Fsp3) is 0.522. The summed E-state index contributed by atoms with van der Waals surface area (Å²) in [7, 11) is 0. The predicted octanol–water partition coefficient (Wildman–Crippen LogP) is 2.73. The fourth-order valence-electron chi connectivity index (χ4n) is 4.84. The minimum absolute atomic E-state index is 0.172. The highest BCUT2D eigenvalue weighted by atomic mass is 16.5. The highest BCUT2D eigenvalue weighted by molar-refractivity contribution is 5.73. The largest absolute Gasteiger partial charge is 0.378 e. The number of piperidine rings is 1. The molecule has 7 heteroatoms. The first-order valence-electron chi connectivity index (χ1n) is 11.0. The number of fused-ring (bicyclic) bond motifs is 1. The van der Waals surface area contributed by atoms with Crippen LogP contribution in [0, 0.1) is 0 Å². The van der Waals surface area contributed by atoms with Gasteiger partial charge in [0.25, 0.3) is 0 Å². The van der Waals surface area contributed by atoms with Gasteiger partial charge in [-0.2, -0.15) is 4.98 Å². The molecule has 3 aliphatic heterocycles. The van der Waals surface area contributed by atoms with Crippen LogP contribution in [-0.2, 0) is 16.0 Å². The van der Waals surface area contributed by atoms with Crippen LogP contribution in [0.3, 0.4) is 0 Å². The van der Waals surface area contributed by atoms with E-state index in [4.69, 9.17) is 14.7 Å². The van der Waals surface area contributed by atoms with Crippen LogP contribution >= 0.6 is 0 Å². The third-order valence-electron chi connectivity index (χ3n) is 6.54. The normalized spacial score (nSPS) is 19.8. The number of aromatic nitrogens is 2. The zero-order chi connectivity index (χ0) is 20.5. The molecule has 0 radical (unpaired) electrons. The Labute approximate surface area is 177 Å². The maximum atomic E-state index is 11.8. The maximum Gasteiger partial charge on any atom is 0.227 e. The second-order valence-corrected chi connectivity index (χ2v) is 8.33. The van der Waals surface area contributed by atoms with E-state index in [1.54, 1.807) is 6.92 Å². The van der Waals surface area contributed by atoms with Crippen molar-refractivity contribution in [1.82, 2.24) is 14.9 Å². The molecule has 1 aromatic carbocycles. The average molecular weight is 408 g/mol. The van der Waals surface area contributed by atoms with Crippen molar-refractivity contribution in [2.75, 3.05) is 55.7 Å². The molecule has 0 spiro atoms. The van der Waals surface area contributed by atoms with Gasteiger partial charge in [0.1, 0.15) is 5.82 Å². The molecule has 0 saturated carbocycles. The van der Waals surface area contributed by atoms with Gasteiger partial charge in [-0.05, 0) is 31.4 Å². The van der Waals surface area contributed by atoms with Gasteiger partial charge in [0.15, 0.2) is 0 Å². The van der Waals surface area contributed by atoms with Crippen molar-refractivity contribution in [2.45, 2.75) is 32.1 Å². The first-order valence-corrected chi connectivity index (χ1v) is 11.0. The summed E-state index contributed by atoms with van der Waals surface area (Å²) in [5.41, 5.74) is 3.67. The molecule has 0 unspecified atom stereocenters. The van der Waals surface area contributed by atoms with Crippen LogP contribution in [0.1, 0.15) is 36.9 Å². The molecule has 2 fully saturated rings. The molecule has 0 aliphatic carbocycles. The summed E-state index contributed by atoms with van der Waals surface area (Å²) in [6, 6.07) is 10.5. The molecule has 2 saturated heterocycles. The molecule has 0 bridgehead atoms. The van der Waals surface area contributed by atoms with Gasteiger partial charge in [-0.25, -0.2) is 4.98 Å². The van der Waals surface area contributed by atoms with Gasteiger partial charge in [0.2, 0.25) is 11.9 Å². The molecule has 5 rings (SSSR count). The quantitative estimate of drug-likeness (QED) is 0.780. The standard InChI is InChI=1S/C23H29N5O2/c1-17(29)26-10-7-18(8-11-26)21-20-9-12-28(19-5-3-2-4-6-19)22(20)25-23(24-21)27-13-15-30-16-14-27/h2-6,18H,7-16H2,1H3. The van der Waals surface area contributed by atoms with Crippen LogP contribution in [0.2, 0.25) is 0 Å². The summed E-state index contributed by atoms with van der Waals surface area (Å²) >= 11 is 0. The molecule has 3 aliphatic rings. The van der Waals surface area contributed by atoms with Crippen LogP contribution in [0.15, 0.2) is 30.3 Å². The smallest absolute Gasteiger partial charge is 0.227 e. The zero-order valence-corrected chi connectivity index (χ0v) is 17.6. The molecular weight excluding hydrogens is 378 g/mol. The Hall–Kier alpha value is -2.67. The van der Waals surface area contributed by atoms with E-state index in [1.807, 2.05) is 11.0 Å². The number of anilines is 3. The highest BCUT2D eigenvalue weighted by Gasteiger charge is 2.33. The van der Waals surface area contributed by atoms with Crippen LogP contribution in [0.5, 0.6) is 0 Å². The summed E-state index contributed by atoms with van der Waals surface area (Å²) in [5, 5.41) is 0. The summed E-state index contributed by atoms with van der Waals surface area (Å²) in [4.78, 5) is 28.5. The summed E-state index contributed by atoms with van der Waals surface area (Å²) in [6.45, 7) is 7.31. The number of para-hydroxylation sites is 1. The molecule has 1 aromatic heterocycles. The van der Waals surface area contributed by atoms with E-state index >= 15 is 0 Å². The number of amides is 1. The number of ether oxygens (including phenoxy) is 1. The van der Waals surface area contributed by atoms with Gasteiger partial charge in [-0.15, -0.1) is 0 Å². The van der Waals surface area contributed by atoms with Crippen molar-refractivity contribution in [3.63, 3.8) is 0 Å². The number of benzene rings is 1. The van der Waals surface area contributed by atoms with Crippen LogP contribution in [0.4, 0.5) is 17.5 Å². The first-order chi connectivity index (χ1) is 14.7. The third-order valence-corrected chi connectivity index (χ3v) is 6.54. The molecule has 30 heavy (non-hydrogen) atoms. The maximum absolute atomic E-state index is 11.8. The van der Waals surface area contributed by atoms with Gasteiger partial charge in [0.05, 0.1) is 18.9 Å². The SMILES string of the molecule is CC(=O)N1CCC(c2nc(N3CCOCC3)nc3c2CCN3c2ccccc2)CC1. The van der Waals surface area contributed by atoms with E-state index in [9.17, 15) is 4.79 Å². The highest BCUT2D eigenvalue weighted by Crippen LogP contribution is 2.40. The van der Waals surface area contributed by atoms with E-state index in [0.717, 1.165) is 77.0 Å². The Balaban J connectivity index is 1.52. The Bertz CT molecular complexity index is 905. The Kier molecular flexibility index (Phi) is 5.29. The van der Waals surface area contributed by atoms with Crippen molar-refractivity contribution in [2.24, 2.45) is 0 Å². The topological polar surface area (TPSA) is 61.8 Å². The van der Waals surface area contributed by atoms with Crippen LogP contribution < -0.4 is 9.80 Å². The lowest BCUT2D eigenvalue weighted by atomic mass is 9.90. The summed E-state index contributed by atoms with van der Waals surface area (Å²) in [6.07, 6.45) is 2.91. The van der Waals surface area contributed by atoms with Crippen LogP contribution in [-0.4, -0.2) is 66.7 Å². The second-order valence-electron chi connectivity index (χ2n) is 8.33. The minimum atomic E-state index is 0.172. The zero-order valence-electron chi connectivity index (χ0n) is 17.6.